The molecule has 212 valence electrons. The SMILES string of the molecule is C=CC(=O)Nc1cccc(Cn2c(=O)ccc3cnc(Nc4ccc(N5CCN(C)CC5)cc4OC(C)C)nc32)c1. The number of nitrogens with zero attached hydrogens (tertiary/aromatic N) is 5. The number of carbonyl (C=O) groups excluding carboxylic acids is 1. The summed E-state index contributed by atoms with van der Waals surface area (Å²) < 4.78 is 7.78. The zero-order chi connectivity index (χ0) is 28.9. The summed E-state index contributed by atoms with van der Waals surface area (Å²) in [7, 11) is 2.14. The highest BCUT2D eigenvalue weighted by atomic mass is 16.5. The van der Waals surface area contributed by atoms with Crippen LogP contribution in [-0.4, -0.2) is 64.7 Å². The molecule has 0 radical (unpaired) electrons. The van der Waals surface area contributed by atoms with Crippen molar-refractivity contribution < 1.29 is 9.53 Å². The molecule has 4 aromatic rings. The van der Waals surface area contributed by atoms with Gasteiger partial charge in [0, 0.05) is 61.3 Å². The highest BCUT2D eigenvalue weighted by Crippen LogP contribution is 2.33. The van der Waals surface area contributed by atoms with Crippen molar-refractivity contribution >= 4 is 40.0 Å². The Hall–Kier alpha value is -4.70. The lowest BCUT2D eigenvalue weighted by atomic mass is 10.2. The molecule has 0 bridgehead atoms. The maximum Gasteiger partial charge on any atom is 0.252 e. The van der Waals surface area contributed by atoms with E-state index in [4.69, 9.17) is 9.72 Å². The molecule has 3 heterocycles. The second-order valence-corrected chi connectivity index (χ2v) is 10.4. The van der Waals surface area contributed by atoms with Gasteiger partial charge in [-0.05, 0) is 62.9 Å². The number of likely N-dealkylation sites (N-methyl/N-ethyl adjacent to an activating group) is 1. The van der Waals surface area contributed by atoms with Gasteiger partial charge in [-0.25, -0.2) is 4.98 Å². The maximum absolute atomic E-state index is 13.0. The number of rotatable bonds is 9. The third-order valence-corrected chi connectivity index (χ3v) is 6.89. The molecule has 0 saturated carbocycles. The van der Waals surface area contributed by atoms with Gasteiger partial charge in [-0.15, -0.1) is 0 Å². The molecule has 1 aliphatic rings. The van der Waals surface area contributed by atoms with Crippen molar-refractivity contribution in [2.45, 2.75) is 26.5 Å². The van der Waals surface area contributed by atoms with Crippen LogP contribution in [0.4, 0.5) is 23.0 Å². The van der Waals surface area contributed by atoms with Crippen LogP contribution >= 0.6 is 0 Å². The van der Waals surface area contributed by atoms with Gasteiger partial charge >= 0.3 is 0 Å². The average Bonchev–Trinajstić information content (AvgIpc) is 2.96. The molecule has 1 amide bonds. The zero-order valence-electron chi connectivity index (χ0n) is 23.6. The van der Waals surface area contributed by atoms with Crippen molar-refractivity contribution in [2.75, 3.05) is 48.8 Å². The van der Waals surface area contributed by atoms with Gasteiger partial charge in [0.15, 0.2) is 0 Å². The number of carbonyl (C=O) groups is 1. The molecular formula is C31H35N7O3. The molecule has 0 atom stereocenters. The number of hydrogen-bond acceptors (Lipinski definition) is 8. The van der Waals surface area contributed by atoms with E-state index in [1.165, 1.54) is 12.1 Å². The number of ether oxygens (including phenoxy) is 1. The normalized spacial score (nSPS) is 13.8. The Kier molecular flexibility index (Phi) is 8.30. The molecule has 1 aliphatic heterocycles. The fraction of sp³-hybridized carbons (Fsp3) is 0.290. The molecule has 0 aliphatic carbocycles. The van der Waals surface area contributed by atoms with Crippen molar-refractivity contribution in [1.82, 2.24) is 19.4 Å². The second-order valence-electron chi connectivity index (χ2n) is 10.4. The first-order valence-electron chi connectivity index (χ1n) is 13.7. The van der Waals surface area contributed by atoms with E-state index in [2.05, 4.69) is 51.2 Å². The Morgan fingerprint density at radius 3 is 2.66 bits per heavy atom. The van der Waals surface area contributed by atoms with Gasteiger partial charge < -0.3 is 25.2 Å². The Morgan fingerprint density at radius 2 is 1.90 bits per heavy atom. The molecule has 2 N–H and O–H groups in total. The number of piperazine rings is 1. The first-order chi connectivity index (χ1) is 19.8. The Morgan fingerprint density at radius 1 is 1.10 bits per heavy atom. The summed E-state index contributed by atoms with van der Waals surface area (Å²) in [5.41, 5.74) is 3.61. The van der Waals surface area contributed by atoms with Crippen molar-refractivity contribution in [1.29, 1.82) is 0 Å². The summed E-state index contributed by atoms with van der Waals surface area (Å²) in [4.78, 5) is 38.6. The summed E-state index contributed by atoms with van der Waals surface area (Å²) >= 11 is 0. The number of nitrogens with one attached hydrogen (secondary N) is 2. The smallest absolute Gasteiger partial charge is 0.252 e. The van der Waals surface area contributed by atoms with Crippen LogP contribution in [0.15, 0.2) is 78.2 Å². The summed E-state index contributed by atoms with van der Waals surface area (Å²) in [6, 6.07) is 16.7. The van der Waals surface area contributed by atoms with Crippen LogP contribution in [-0.2, 0) is 11.3 Å². The standard InChI is InChI=1S/C31H35N7O3/c1-5-28(39)33-24-8-6-7-22(17-24)20-38-29(40)12-9-23-19-32-31(35-30(23)38)34-26-11-10-25(18-27(26)41-21(2)3)37-15-13-36(4)14-16-37/h5-12,17-19,21H,1,13-16,20H2,2-4H3,(H,33,39)(H,32,34,35). The fourth-order valence-electron chi connectivity index (χ4n) is 4.76. The van der Waals surface area contributed by atoms with E-state index in [1.807, 2.05) is 38.1 Å². The van der Waals surface area contributed by atoms with Crippen LogP contribution in [0.25, 0.3) is 11.0 Å². The van der Waals surface area contributed by atoms with Crippen LogP contribution in [0.1, 0.15) is 19.4 Å². The van der Waals surface area contributed by atoms with Gasteiger partial charge in [0.1, 0.15) is 11.4 Å². The highest BCUT2D eigenvalue weighted by molar-refractivity contribution is 5.98. The molecule has 2 aromatic carbocycles. The lowest BCUT2D eigenvalue weighted by Gasteiger charge is -2.34. The predicted molar refractivity (Wildman–Crippen MR) is 163 cm³/mol. The number of hydrogen-bond donors (Lipinski definition) is 2. The molecule has 5 rings (SSSR count). The molecule has 1 saturated heterocycles. The number of aromatic nitrogens is 3. The molecule has 0 unspecified atom stereocenters. The lowest BCUT2D eigenvalue weighted by molar-refractivity contribution is -0.111. The number of amides is 1. The number of benzene rings is 2. The van der Waals surface area contributed by atoms with Crippen molar-refractivity contribution in [3.8, 4) is 5.75 Å². The highest BCUT2D eigenvalue weighted by Gasteiger charge is 2.17. The van der Waals surface area contributed by atoms with E-state index in [9.17, 15) is 9.59 Å². The third-order valence-electron chi connectivity index (χ3n) is 6.89. The lowest BCUT2D eigenvalue weighted by Crippen LogP contribution is -2.44. The number of anilines is 4. The molecule has 1 fully saturated rings. The molecular weight excluding hydrogens is 518 g/mol. The van der Waals surface area contributed by atoms with E-state index in [0.717, 1.165) is 48.5 Å². The summed E-state index contributed by atoms with van der Waals surface area (Å²) in [5.74, 6) is 0.763. The minimum atomic E-state index is -0.301. The summed E-state index contributed by atoms with van der Waals surface area (Å²) in [6.45, 7) is 11.7. The monoisotopic (exact) mass is 553 g/mol. The van der Waals surface area contributed by atoms with Gasteiger partial charge in [-0.1, -0.05) is 18.7 Å². The van der Waals surface area contributed by atoms with Gasteiger partial charge in [-0.3, -0.25) is 14.2 Å². The molecule has 10 nitrogen and oxygen atoms in total. The van der Waals surface area contributed by atoms with Crippen molar-refractivity contribution in [3.05, 3.63) is 89.4 Å². The van der Waals surface area contributed by atoms with Crippen LogP contribution < -0.4 is 25.8 Å². The number of pyridine rings is 1. The fourth-order valence-corrected chi connectivity index (χ4v) is 4.76. The van der Waals surface area contributed by atoms with Crippen molar-refractivity contribution in [3.63, 3.8) is 0 Å². The van der Waals surface area contributed by atoms with Gasteiger partial charge in [0.2, 0.25) is 11.9 Å². The van der Waals surface area contributed by atoms with E-state index in [0.29, 0.717) is 23.0 Å². The quantitative estimate of drug-likeness (QED) is 0.297. The van der Waals surface area contributed by atoms with Gasteiger partial charge in [0.05, 0.1) is 18.3 Å². The van der Waals surface area contributed by atoms with E-state index < -0.39 is 0 Å². The van der Waals surface area contributed by atoms with E-state index in [-0.39, 0.29) is 24.1 Å². The summed E-state index contributed by atoms with van der Waals surface area (Å²) in [6.07, 6.45) is 2.89. The predicted octanol–water partition coefficient (Wildman–Crippen LogP) is 4.25. The van der Waals surface area contributed by atoms with Gasteiger partial charge in [0.25, 0.3) is 5.56 Å². The van der Waals surface area contributed by atoms with Crippen LogP contribution in [0.5, 0.6) is 5.75 Å². The minimum absolute atomic E-state index is 0.0204. The second kappa shape index (κ2) is 12.2. The Labute approximate surface area is 239 Å². The molecule has 41 heavy (non-hydrogen) atoms. The molecule has 2 aromatic heterocycles. The van der Waals surface area contributed by atoms with Crippen molar-refractivity contribution in [2.24, 2.45) is 0 Å². The van der Waals surface area contributed by atoms with E-state index in [1.54, 1.807) is 22.9 Å². The zero-order valence-corrected chi connectivity index (χ0v) is 23.6. The number of fused-ring (bicyclic) bond motifs is 1. The third kappa shape index (κ3) is 6.72. The molecule has 10 heteroatoms. The topological polar surface area (TPSA) is 105 Å². The van der Waals surface area contributed by atoms with Crippen LogP contribution in [0.3, 0.4) is 0 Å². The van der Waals surface area contributed by atoms with Gasteiger partial charge in [-0.2, -0.15) is 4.98 Å². The first-order valence-corrected chi connectivity index (χ1v) is 13.7. The summed E-state index contributed by atoms with van der Waals surface area (Å²) in [5, 5.41) is 6.79. The first kappa shape index (κ1) is 27.9. The average molecular weight is 554 g/mol. The van der Waals surface area contributed by atoms with Crippen LogP contribution in [0.2, 0.25) is 0 Å². The minimum Gasteiger partial charge on any atom is -0.489 e. The van der Waals surface area contributed by atoms with Crippen LogP contribution in [0, 0.1) is 0 Å². The Balaban J connectivity index is 1.45. The maximum atomic E-state index is 13.0. The Bertz CT molecular complexity index is 1620. The van der Waals surface area contributed by atoms with E-state index >= 15 is 0 Å². The molecule has 0 spiro atoms. The largest absolute Gasteiger partial charge is 0.489 e.